The molecule has 2 heterocycles. The van der Waals surface area contributed by atoms with E-state index in [1.807, 2.05) is 4.90 Å². The highest BCUT2D eigenvalue weighted by molar-refractivity contribution is 5.76. The van der Waals surface area contributed by atoms with Crippen LogP contribution in [0.1, 0.15) is 37.8 Å². The summed E-state index contributed by atoms with van der Waals surface area (Å²) in [6.45, 7) is 1.33. The van der Waals surface area contributed by atoms with Crippen molar-refractivity contribution in [1.29, 1.82) is 0 Å². The second-order valence-electron chi connectivity index (χ2n) is 5.28. The Hall–Kier alpha value is -2.12. The molecular weight excluding hydrogens is 274 g/mol. The number of H-pyrrole nitrogens is 1. The van der Waals surface area contributed by atoms with Gasteiger partial charge in [-0.3, -0.25) is 9.89 Å². The van der Waals surface area contributed by atoms with Crippen molar-refractivity contribution >= 4 is 12.0 Å². The predicted molar refractivity (Wildman–Crippen MR) is 74.7 cm³/mol. The molecule has 21 heavy (non-hydrogen) atoms. The zero-order chi connectivity index (χ0) is 15.1. The van der Waals surface area contributed by atoms with Crippen LogP contribution in [0.3, 0.4) is 0 Å². The smallest absolute Gasteiger partial charge is 0.404 e. The average molecular weight is 295 g/mol. The number of likely N-dealkylation sites (tertiary alicyclic amines) is 1. The van der Waals surface area contributed by atoms with Crippen LogP contribution in [-0.4, -0.2) is 56.5 Å². The summed E-state index contributed by atoms with van der Waals surface area (Å²) in [5.74, 6) is 0.134. The molecule has 0 bridgehead atoms. The van der Waals surface area contributed by atoms with Gasteiger partial charge in [0, 0.05) is 31.7 Å². The maximum absolute atomic E-state index is 12.2. The molecule has 1 atom stereocenters. The van der Waals surface area contributed by atoms with Crippen molar-refractivity contribution in [3.63, 3.8) is 0 Å². The van der Waals surface area contributed by atoms with Gasteiger partial charge in [-0.1, -0.05) is 5.21 Å². The third kappa shape index (κ3) is 5.05. The van der Waals surface area contributed by atoms with E-state index in [0.717, 1.165) is 31.4 Å². The summed E-state index contributed by atoms with van der Waals surface area (Å²) in [7, 11) is 0. The molecule has 1 saturated heterocycles. The Morgan fingerprint density at radius 2 is 2.29 bits per heavy atom. The van der Waals surface area contributed by atoms with Gasteiger partial charge in [0.1, 0.15) is 0 Å². The van der Waals surface area contributed by atoms with Crippen LogP contribution in [0.5, 0.6) is 0 Å². The first-order valence-corrected chi connectivity index (χ1v) is 7.27. The number of aromatic nitrogens is 3. The molecule has 1 aliphatic rings. The van der Waals surface area contributed by atoms with E-state index in [-0.39, 0.29) is 11.9 Å². The number of nitrogens with zero attached hydrogens (tertiary/aromatic N) is 3. The van der Waals surface area contributed by atoms with Crippen molar-refractivity contribution in [2.45, 2.75) is 44.6 Å². The lowest BCUT2D eigenvalue weighted by Gasteiger charge is -2.20. The number of amides is 2. The van der Waals surface area contributed by atoms with E-state index in [9.17, 15) is 9.59 Å². The van der Waals surface area contributed by atoms with Crippen molar-refractivity contribution < 1.29 is 14.7 Å². The number of aromatic amines is 1. The molecular formula is C13H21N5O3. The zero-order valence-electron chi connectivity index (χ0n) is 11.9. The van der Waals surface area contributed by atoms with Gasteiger partial charge in [0.25, 0.3) is 0 Å². The monoisotopic (exact) mass is 295 g/mol. The van der Waals surface area contributed by atoms with Gasteiger partial charge >= 0.3 is 6.09 Å². The van der Waals surface area contributed by atoms with Crippen LogP contribution in [-0.2, 0) is 11.2 Å². The number of carboxylic acid groups (broad SMARTS) is 1. The second kappa shape index (κ2) is 7.61. The van der Waals surface area contributed by atoms with Gasteiger partial charge in [-0.15, -0.1) is 5.10 Å². The molecule has 8 nitrogen and oxygen atoms in total. The first-order chi connectivity index (χ1) is 10.1. The van der Waals surface area contributed by atoms with E-state index < -0.39 is 6.09 Å². The molecule has 0 radical (unpaired) electrons. The highest BCUT2D eigenvalue weighted by Gasteiger charge is 2.21. The summed E-state index contributed by atoms with van der Waals surface area (Å²) >= 11 is 0. The molecule has 116 valence electrons. The molecule has 1 aliphatic heterocycles. The molecule has 8 heteroatoms. The van der Waals surface area contributed by atoms with Crippen molar-refractivity contribution in [1.82, 2.24) is 25.6 Å². The standard InChI is InChI=1S/C13H21N5O3/c19-12(5-1-3-11-9-14-17-16-11)18-7-2-4-10(6-8-18)15-13(20)21/h9-10,15H,1-8H2,(H,20,21)(H,14,16,17). The fraction of sp³-hybridized carbons (Fsp3) is 0.692. The highest BCUT2D eigenvalue weighted by atomic mass is 16.4. The number of hydrogen-bond acceptors (Lipinski definition) is 4. The fourth-order valence-electron chi connectivity index (χ4n) is 2.59. The lowest BCUT2D eigenvalue weighted by atomic mass is 10.1. The summed E-state index contributed by atoms with van der Waals surface area (Å²) in [6.07, 6.45) is 5.02. The first-order valence-electron chi connectivity index (χ1n) is 7.27. The third-order valence-corrected chi connectivity index (χ3v) is 3.70. The largest absolute Gasteiger partial charge is 0.465 e. The SMILES string of the molecule is O=C(O)NC1CCCN(C(=O)CCCc2c[nH]nn2)CC1. The van der Waals surface area contributed by atoms with Crippen molar-refractivity contribution in [2.75, 3.05) is 13.1 Å². The van der Waals surface area contributed by atoms with Crippen molar-refractivity contribution in [2.24, 2.45) is 0 Å². The summed E-state index contributed by atoms with van der Waals surface area (Å²) in [6, 6.07) is -0.0459. The van der Waals surface area contributed by atoms with Crippen LogP contribution in [0.15, 0.2) is 6.20 Å². The minimum Gasteiger partial charge on any atom is -0.465 e. The van der Waals surface area contributed by atoms with Gasteiger partial charge in [-0.2, -0.15) is 0 Å². The Bertz CT molecular complexity index is 462. The van der Waals surface area contributed by atoms with Gasteiger partial charge < -0.3 is 15.3 Å². The van der Waals surface area contributed by atoms with E-state index >= 15 is 0 Å². The zero-order valence-corrected chi connectivity index (χ0v) is 11.9. The Labute approximate surface area is 122 Å². The summed E-state index contributed by atoms with van der Waals surface area (Å²) < 4.78 is 0. The summed E-state index contributed by atoms with van der Waals surface area (Å²) in [4.78, 5) is 24.6. The quantitative estimate of drug-likeness (QED) is 0.743. The minimum atomic E-state index is -0.993. The Balaban J connectivity index is 1.71. The number of rotatable bonds is 5. The van der Waals surface area contributed by atoms with Gasteiger partial charge in [0.05, 0.1) is 5.69 Å². The van der Waals surface area contributed by atoms with Crippen LogP contribution in [0.2, 0.25) is 0 Å². The molecule has 2 rings (SSSR count). The number of aryl methyl sites for hydroxylation is 1. The molecule has 0 aromatic carbocycles. The molecule has 3 N–H and O–H groups in total. The highest BCUT2D eigenvalue weighted by Crippen LogP contribution is 2.13. The predicted octanol–water partition coefficient (Wildman–Crippen LogP) is 0.776. The Kier molecular flexibility index (Phi) is 5.53. The Morgan fingerprint density at radius 3 is 3.00 bits per heavy atom. The fourth-order valence-corrected chi connectivity index (χ4v) is 2.59. The lowest BCUT2D eigenvalue weighted by molar-refractivity contribution is -0.131. The normalized spacial score (nSPS) is 19.0. The van der Waals surface area contributed by atoms with E-state index in [4.69, 9.17) is 5.11 Å². The van der Waals surface area contributed by atoms with Gasteiger partial charge in [0.15, 0.2) is 0 Å². The van der Waals surface area contributed by atoms with Gasteiger partial charge in [0.2, 0.25) is 5.91 Å². The molecule has 0 spiro atoms. The molecule has 1 fully saturated rings. The van der Waals surface area contributed by atoms with Crippen molar-refractivity contribution in [3.05, 3.63) is 11.9 Å². The molecule has 0 saturated carbocycles. The van der Waals surface area contributed by atoms with Crippen LogP contribution in [0.4, 0.5) is 4.79 Å². The number of carbonyl (C=O) groups excluding carboxylic acids is 1. The van der Waals surface area contributed by atoms with Crippen molar-refractivity contribution in [3.8, 4) is 0 Å². The van der Waals surface area contributed by atoms with Crippen LogP contribution in [0, 0.1) is 0 Å². The van der Waals surface area contributed by atoms with Crippen LogP contribution in [0.25, 0.3) is 0 Å². The van der Waals surface area contributed by atoms with Crippen LogP contribution >= 0.6 is 0 Å². The second-order valence-corrected chi connectivity index (χ2v) is 5.28. The van der Waals surface area contributed by atoms with E-state index in [1.165, 1.54) is 0 Å². The number of hydrogen-bond donors (Lipinski definition) is 3. The maximum Gasteiger partial charge on any atom is 0.404 e. The number of nitrogens with one attached hydrogen (secondary N) is 2. The van der Waals surface area contributed by atoms with Crippen LogP contribution < -0.4 is 5.32 Å². The molecule has 0 aliphatic carbocycles. The van der Waals surface area contributed by atoms with E-state index in [0.29, 0.717) is 25.9 Å². The summed E-state index contributed by atoms with van der Waals surface area (Å²) in [5, 5.41) is 21.4. The minimum absolute atomic E-state index is 0.0459. The van der Waals surface area contributed by atoms with E-state index in [1.54, 1.807) is 6.20 Å². The molecule has 1 aromatic rings. The Morgan fingerprint density at radius 1 is 1.43 bits per heavy atom. The van der Waals surface area contributed by atoms with E-state index in [2.05, 4.69) is 20.7 Å². The topological polar surface area (TPSA) is 111 Å². The van der Waals surface area contributed by atoms with Gasteiger partial charge in [-0.25, -0.2) is 4.79 Å². The average Bonchev–Trinajstić information content (AvgIpc) is 2.84. The molecule has 1 unspecified atom stereocenters. The third-order valence-electron chi connectivity index (χ3n) is 3.70. The lowest BCUT2D eigenvalue weighted by Crippen LogP contribution is -2.36. The number of carbonyl (C=O) groups is 2. The molecule has 1 aromatic heterocycles. The molecule has 2 amide bonds. The van der Waals surface area contributed by atoms with Gasteiger partial charge in [-0.05, 0) is 32.1 Å². The summed E-state index contributed by atoms with van der Waals surface area (Å²) in [5.41, 5.74) is 0.865. The first kappa shape index (κ1) is 15.3. The maximum atomic E-state index is 12.2.